The number of rotatable bonds is 34. The molecule has 0 spiro atoms. The fourth-order valence-corrected chi connectivity index (χ4v) is 13.9. The summed E-state index contributed by atoms with van der Waals surface area (Å²) in [4.78, 5) is 0. The van der Waals surface area contributed by atoms with Crippen molar-refractivity contribution in [3.8, 4) is 0 Å². The molecular weight excluding hydrogens is 681 g/mol. The van der Waals surface area contributed by atoms with Crippen molar-refractivity contribution in [3.63, 3.8) is 0 Å². The third kappa shape index (κ3) is 24.6. The molecule has 0 atom stereocenters. The first-order valence-electron chi connectivity index (χ1n) is 19.1. The van der Waals surface area contributed by atoms with Crippen molar-refractivity contribution in [2.24, 2.45) is 0 Å². The van der Waals surface area contributed by atoms with Crippen molar-refractivity contribution in [2.45, 2.75) is 156 Å². The highest BCUT2D eigenvalue weighted by Crippen LogP contribution is 2.23. The second-order valence-electron chi connectivity index (χ2n) is 12.3. The van der Waals surface area contributed by atoms with Gasteiger partial charge >= 0.3 is 34.7 Å². The fourth-order valence-electron chi connectivity index (χ4n) is 5.57. The summed E-state index contributed by atoms with van der Waals surface area (Å²) in [5.74, 6) is 0. The highest BCUT2D eigenvalue weighted by molar-refractivity contribution is 6.66. The average molecular weight is 761 g/mol. The SMILES string of the molecule is CCO[Si](CCCCCCCC[Si](OCC)(OCC)OCC)(OCC)OCC.CO[Si](C)(CCCCCCCC[Si](C)(OC)OC)OC. The highest BCUT2D eigenvalue weighted by atomic mass is 28.4. The molecule has 0 heterocycles. The standard InChI is InChI=1S/C20H46O6Si2.C14H34O4Si2/c1-7-21-27(22-8-2,23-9-3)19-17-15-13-14-16-18-20-28(24-10-4,25-11-5)26-12-6;1-15-19(5,16-2)13-11-9-7-8-10-12-14-20(6,17-3)18-4/h7-20H2,1-6H3;7-14H2,1-6H3. The first-order chi connectivity index (χ1) is 23.0. The van der Waals surface area contributed by atoms with E-state index in [2.05, 4.69) is 13.1 Å². The van der Waals surface area contributed by atoms with E-state index in [0.29, 0.717) is 39.6 Å². The minimum Gasteiger partial charge on any atom is -0.398 e. The molecule has 0 aromatic heterocycles. The predicted molar refractivity (Wildman–Crippen MR) is 207 cm³/mol. The number of hydrogen-bond acceptors (Lipinski definition) is 10. The van der Waals surface area contributed by atoms with Crippen LogP contribution in [0.2, 0.25) is 37.3 Å². The minimum absolute atomic E-state index is 0.650. The molecule has 0 rings (SSSR count). The fraction of sp³-hybridized carbons (Fsp3) is 1.00. The summed E-state index contributed by atoms with van der Waals surface area (Å²) in [6.45, 7) is 20.2. The molecule has 10 nitrogen and oxygen atoms in total. The topological polar surface area (TPSA) is 92.3 Å². The van der Waals surface area contributed by atoms with Gasteiger partial charge in [-0.2, -0.15) is 0 Å². The second kappa shape index (κ2) is 32.1. The maximum absolute atomic E-state index is 5.92. The van der Waals surface area contributed by atoms with E-state index < -0.39 is 34.7 Å². The molecule has 0 aromatic rings. The Kier molecular flexibility index (Phi) is 33.9. The first-order valence-corrected chi connectivity index (χ1v) is 28.0. The lowest BCUT2D eigenvalue weighted by atomic mass is 10.1. The minimum atomic E-state index is -2.47. The van der Waals surface area contributed by atoms with Crippen molar-refractivity contribution in [1.29, 1.82) is 0 Å². The second-order valence-corrected chi connectivity index (χ2v) is 24.9. The quantitative estimate of drug-likeness (QED) is 0.0467. The van der Waals surface area contributed by atoms with Crippen LogP contribution in [-0.2, 0) is 44.3 Å². The molecule has 0 N–H and O–H groups in total. The molecule has 0 amide bonds. The van der Waals surface area contributed by atoms with E-state index in [1.807, 2.05) is 41.5 Å². The van der Waals surface area contributed by atoms with Crippen LogP contribution in [0.4, 0.5) is 0 Å². The van der Waals surface area contributed by atoms with Gasteiger partial charge in [-0.05, 0) is 79.6 Å². The number of unbranched alkanes of at least 4 members (excludes halogenated alkanes) is 10. The van der Waals surface area contributed by atoms with E-state index in [4.69, 9.17) is 44.3 Å². The number of hydrogen-bond donors (Lipinski definition) is 0. The normalized spacial score (nSPS) is 12.8. The Labute approximate surface area is 302 Å². The maximum atomic E-state index is 5.92. The van der Waals surface area contributed by atoms with E-state index in [1.165, 1.54) is 64.2 Å². The van der Waals surface area contributed by atoms with Gasteiger partial charge in [-0.3, -0.25) is 0 Å². The van der Waals surface area contributed by atoms with Crippen LogP contribution in [0.5, 0.6) is 0 Å². The van der Waals surface area contributed by atoms with E-state index in [1.54, 1.807) is 28.4 Å². The van der Waals surface area contributed by atoms with E-state index in [0.717, 1.165) is 37.0 Å². The molecule has 48 heavy (non-hydrogen) atoms. The predicted octanol–water partition coefficient (Wildman–Crippen LogP) is 9.48. The van der Waals surface area contributed by atoms with E-state index in [9.17, 15) is 0 Å². The van der Waals surface area contributed by atoms with Crippen molar-refractivity contribution < 1.29 is 44.3 Å². The lowest BCUT2D eigenvalue weighted by molar-refractivity contribution is 0.0695. The Morgan fingerprint density at radius 3 is 0.667 bits per heavy atom. The van der Waals surface area contributed by atoms with Gasteiger partial charge in [0.05, 0.1) is 0 Å². The van der Waals surface area contributed by atoms with Crippen LogP contribution in [0.1, 0.15) is 119 Å². The van der Waals surface area contributed by atoms with Crippen molar-refractivity contribution in [2.75, 3.05) is 68.1 Å². The van der Waals surface area contributed by atoms with E-state index >= 15 is 0 Å². The largest absolute Gasteiger partial charge is 0.500 e. The molecule has 0 fully saturated rings. The summed E-state index contributed by atoms with van der Waals surface area (Å²) in [6, 6.07) is 4.02. The molecule has 0 aliphatic rings. The Bertz CT molecular complexity index is 598. The Balaban J connectivity index is 0. The Hall–Kier alpha value is 0.468. The van der Waals surface area contributed by atoms with Gasteiger partial charge in [-0.1, -0.05) is 64.2 Å². The van der Waals surface area contributed by atoms with Crippen LogP contribution in [0.3, 0.4) is 0 Å². The van der Waals surface area contributed by atoms with Crippen LogP contribution < -0.4 is 0 Å². The highest BCUT2D eigenvalue weighted by Gasteiger charge is 2.40. The Morgan fingerprint density at radius 2 is 0.479 bits per heavy atom. The average Bonchev–Trinajstić information content (AvgIpc) is 3.08. The van der Waals surface area contributed by atoms with Gasteiger partial charge in [0.25, 0.3) is 0 Å². The van der Waals surface area contributed by atoms with Crippen molar-refractivity contribution in [3.05, 3.63) is 0 Å². The smallest absolute Gasteiger partial charge is 0.398 e. The molecule has 0 unspecified atom stereocenters. The zero-order chi connectivity index (χ0) is 36.6. The first kappa shape index (κ1) is 50.6. The summed E-state index contributed by atoms with van der Waals surface area (Å²) in [5, 5.41) is 0. The van der Waals surface area contributed by atoms with Crippen molar-refractivity contribution >= 4 is 34.7 Å². The molecule has 0 bridgehead atoms. The van der Waals surface area contributed by atoms with E-state index in [-0.39, 0.29) is 0 Å². The van der Waals surface area contributed by atoms with Gasteiger partial charge in [0.1, 0.15) is 0 Å². The van der Waals surface area contributed by atoms with Gasteiger partial charge in [0.2, 0.25) is 0 Å². The summed E-state index contributed by atoms with van der Waals surface area (Å²) < 4.78 is 57.5. The monoisotopic (exact) mass is 760 g/mol. The lowest BCUT2D eigenvalue weighted by Crippen LogP contribution is -2.45. The lowest BCUT2D eigenvalue weighted by Gasteiger charge is -2.28. The molecule has 0 saturated heterocycles. The summed E-state index contributed by atoms with van der Waals surface area (Å²) in [7, 11) is -1.54. The van der Waals surface area contributed by atoms with Crippen LogP contribution in [0, 0.1) is 0 Å². The van der Waals surface area contributed by atoms with Crippen LogP contribution in [0.25, 0.3) is 0 Å². The molecule has 0 saturated carbocycles. The van der Waals surface area contributed by atoms with Gasteiger partial charge < -0.3 is 44.3 Å². The van der Waals surface area contributed by atoms with Gasteiger partial charge in [-0.15, -0.1) is 0 Å². The molecule has 0 radical (unpaired) electrons. The summed E-state index contributed by atoms with van der Waals surface area (Å²) in [6.07, 6.45) is 14.6. The van der Waals surface area contributed by atoms with Gasteiger partial charge in [0, 0.05) is 80.2 Å². The molecule has 0 aromatic carbocycles. The maximum Gasteiger partial charge on any atom is 0.500 e. The molecule has 0 aliphatic heterocycles. The third-order valence-electron chi connectivity index (χ3n) is 8.64. The molecule has 0 aliphatic carbocycles. The van der Waals surface area contributed by atoms with Gasteiger partial charge in [0.15, 0.2) is 0 Å². The zero-order valence-corrected chi connectivity index (χ0v) is 37.6. The molecular formula is C34H80O10Si4. The summed E-state index contributed by atoms with van der Waals surface area (Å²) >= 11 is 0. The Morgan fingerprint density at radius 1 is 0.292 bits per heavy atom. The zero-order valence-electron chi connectivity index (χ0n) is 33.6. The van der Waals surface area contributed by atoms with Crippen molar-refractivity contribution in [1.82, 2.24) is 0 Å². The molecule has 14 heteroatoms. The van der Waals surface area contributed by atoms with Crippen LogP contribution in [0.15, 0.2) is 0 Å². The van der Waals surface area contributed by atoms with Crippen LogP contribution >= 0.6 is 0 Å². The van der Waals surface area contributed by atoms with Gasteiger partial charge in [-0.25, -0.2) is 0 Å². The molecule has 292 valence electrons. The van der Waals surface area contributed by atoms with Crippen LogP contribution in [-0.4, -0.2) is 103 Å². The third-order valence-corrected chi connectivity index (χ3v) is 20.9. The summed E-state index contributed by atoms with van der Waals surface area (Å²) in [5.41, 5.74) is 0.